The molecule has 3 rings (SSSR count). The van der Waals surface area contributed by atoms with Crippen molar-refractivity contribution in [3.63, 3.8) is 0 Å². The van der Waals surface area contributed by atoms with E-state index in [4.69, 9.17) is 4.74 Å². The van der Waals surface area contributed by atoms with Crippen LogP contribution in [0.1, 0.15) is 22.3 Å². The third-order valence-electron chi connectivity index (χ3n) is 4.47. The molecule has 0 aliphatic heterocycles. The molecule has 0 aromatic heterocycles. The Kier molecular flexibility index (Phi) is 5.49. The molecule has 140 valence electrons. The minimum atomic E-state index is -0.555. The summed E-state index contributed by atoms with van der Waals surface area (Å²) < 4.78 is 18.3. The van der Waals surface area contributed by atoms with E-state index >= 15 is 0 Å². The van der Waals surface area contributed by atoms with Crippen LogP contribution in [0.5, 0.6) is 0 Å². The number of nitrogens with one attached hydrogen (secondary N) is 2. The maximum atomic E-state index is 13.6. The lowest BCUT2D eigenvalue weighted by Gasteiger charge is -2.10. The lowest BCUT2D eigenvalue weighted by atomic mass is 10.1. The third kappa shape index (κ3) is 4.31. The van der Waals surface area contributed by atoms with Crippen molar-refractivity contribution >= 4 is 23.5 Å². The van der Waals surface area contributed by atoms with E-state index in [9.17, 15) is 18.8 Å². The van der Waals surface area contributed by atoms with Crippen LogP contribution in [0.4, 0.5) is 10.1 Å². The van der Waals surface area contributed by atoms with Crippen molar-refractivity contribution in [1.29, 1.82) is 0 Å². The molecule has 0 saturated heterocycles. The molecule has 1 saturated carbocycles. The Morgan fingerprint density at radius 1 is 1.04 bits per heavy atom. The van der Waals surface area contributed by atoms with Crippen LogP contribution in [0.3, 0.4) is 0 Å². The second-order valence-electron chi connectivity index (χ2n) is 6.28. The predicted octanol–water partition coefficient (Wildman–Crippen LogP) is 2.50. The fourth-order valence-corrected chi connectivity index (χ4v) is 2.84. The number of amides is 2. The number of benzene rings is 2. The van der Waals surface area contributed by atoms with Crippen LogP contribution in [0.15, 0.2) is 48.5 Å². The van der Waals surface area contributed by atoms with E-state index in [1.54, 1.807) is 42.5 Å². The summed E-state index contributed by atoms with van der Waals surface area (Å²) in [6.07, 6.45) is 0.412. The minimum Gasteiger partial charge on any atom is -0.465 e. The number of anilines is 1. The molecule has 0 spiro atoms. The fraction of sp³-hybridized carbons (Fsp3) is 0.250. The number of rotatable bonds is 6. The molecule has 2 unspecified atom stereocenters. The van der Waals surface area contributed by atoms with E-state index in [-0.39, 0.29) is 29.7 Å². The molecule has 2 aromatic rings. The van der Waals surface area contributed by atoms with Gasteiger partial charge in [-0.3, -0.25) is 9.59 Å². The number of hydrogen-bond donors (Lipinski definition) is 2. The zero-order valence-corrected chi connectivity index (χ0v) is 14.7. The van der Waals surface area contributed by atoms with Gasteiger partial charge in [-0.2, -0.15) is 0 Å². The number of para-hydroxylation sites is 1. The Morgan fingerprint density at radius 2 is 1.70 bits per heavy atom. The monoisotopic (exact) mass is 370 g/mol. The van der Waals surface area contributed by atoms with Crippen LogP contribution in [-0.2, 0) is 20.9 Å². The van der Waals surface area contributed by atoms with E-state index in [1.807, 2.05) is 0 Å². The summed E-state index contributed by atoms with van der Waals surface area (Å²) in [4.78, 5) is 36.3. The van der Waals surface area contributed by atoms with Crippen LogP contribution >= 0.6 is 0 Å². The first-order valence-corrected chi connectivity index (χ1v) is 8.50. The summed E-state index contributed by atoms with van der Waals surface area (Å²) in [5.41, 5.74) is 0.973. The van der Waals surface area contributed by atoms with Gasteiger partial charge in [-0.1, -0.05) is 30.3 Å². The van der Waals surface area contributed by atoms with E-state index in [1.165, 1.54) is 13.2 Å². The van der Waals surface area contributed by atoms with Gasteiger partial charge in [0.2, 0.25) is 11.8 Å². The van der Waals surface area contributed by atoms with Gasteiger partial charge < -0.3 is 15.4 Å². The standard InChI is InChI=1S/C20H19FN2O4/c1-27-20(26)13-7-3-5-9-17(13)23-19(25)15-10-14(15)18(24)22-11-12-6-2-4-8-16(12)21/h2-9,14-15H,10-11H2,1H3,(H,22,24)(H,23,25). The van der Waals surface area contributed by atoms with Crippen LogP contribution < -0.4 is 10.6 Å². The van der Waals surface area contributed by atoms with Crippen LogP contribution in [0, 0.1) is 17.7 Å². The molecular formula is C20H19FN2O4. The summed E-state index contributed by atoms with van der Waals surface area (Å²) in [6.45, 7) is 0.0710. The molecule has 0 bridgehead atoms. The zero-order chi connectivity index (χ0) is 19.4. The second kappa shape index (κ2) is 7.99. The first kappa shape index (κ1) is 18.6. The van der Waals surface area contributed by atoms with Gasteiger partial charge in [-0.15, -0.1) is 0 Å². The summed E-state index contributed by atoms with van der Waals surface area (Å²) in [6, 6.07) is 12.7. The molecule has 6 nitrogen and oxygen atoms in total. The van der Waals surface area contributed by atoms with Gasteiger partial charge in [0.25, 0.3) is 0 Å². The first-order chi connectivity index (χ1) is 13.0. The van der Waals surface area contributed by atoms with Crippen molar-refractivity contribution in [3.05, 3.63) is 65.5 Å². The number of halogens is 1. The Labute approximate surface area is 155 Å². The van der Waals surface area contributed by atoms with E-state index in [0.29, 0.717) is 17.7 Å². The van der Waals surface area contributed by atoms with Crippen molar-refractivity contribution in [2.24, 2.45) is 11.8 Å². The number of esters is 1. The minimum absolute atomic E-state index is 0.0710. The molecule has 1 aliphatic carbocycles. The molecule has 2 aromatic carbocycles. The highest BCUT2D eigenvalue weighted by atomic mass is 19.1. The molecule has 1 fully saturated rings. The first-order valence-electron chi connectivity index (χ1n) is 8.50. The van der Waals surface area contributed by atoms with Crippen LogP contribution in [-0.4, -0.2) is 24.9 Å². The van der Waals surface area contributed by atoms with Gasteiger partial charge in [0.05, 0.1) is 30.2 Å². The quantitative estimate of drug-likeness (QED) is 0.765. The topological polar surface area (TPSA) is 84.5 Å². The molecular weight excluding hydrogens is 351 g/mol. The van der Waals surface area contributed by atoms with Gasteiger partial charge in [-0.25, -0.2) is 9.18 Å². The molecule has 27 heavy (non-hydrogen) atoms. The van der Waals surface area contributed by atoms with Crippen molar-refractivity contribution in [1.82, 2.24) is 5.32 Å². The van der Waals surface area contributed by atoms with Gasteiger partial charge >= 0.3 is 5.97 Å². The van der Waals surface area contributed by atoms with Gasteiger partial charge in [0.15, 0.2) is 0 Å². The Morgan fingerprint density at radius 3 is 2.44 bits per heavy atom. The van der Waals surface area contributed by atoms with Gasteiger partial charge in [-0.05, 0) is 24.6 Å². The van der Waals surface area contributed by atoms with E-state index in [2.05, 4.69) is 10.6 Å². The normalized spacial score (nSPS) is 17.7. The summed E-state index contributed by atoms with van der Waals surface area (Å²) in [5, 5.41) is 5.33. The maximum Gasteiger partial charge on any atom is 0.339 e. The molecule has 1 aliphatic rings. The Balaban J connectivity index is 1.56. The summed E-state index contributed by atoms with van der Waals surface area (Å²) >= 11 is 0. The average molecular weight is 370 g/mol. The molecule has 0 heterocycles. The number of hydrogen-bond acceptors (Lipinski definition) is 4. The molecule has 7 heteroatoms. The largest absolute Gasteiger partial charge is 0.465 e. The van der Waals surface area contributed by atoms with E-state index in [0.717, 1.165) is 0 Å². The highest BCUT2D eigenvalue weighted by molar-refractivity contribution is 6.04. The number of carbonyl (C=O) groups is 3. The average Bonchev–Trinajstić information content (AvgIpc) is 3.48. The van der Waals surface area contributed by atoms with Crippen molar-refractivity contribution in [2.75, 3.05) is 12.4 Å². The Bertz CT molecular complexity index is 884. The van der Waals surface area contributed by atoms with Crippen LogP contribution in [0.2, 0.25) is 0 Å². The molecule has 0 radical (unpaired) electrons. The van der Waals surface area contributed by atoms with Crippen molar-refractivity contribution in [2.45, 2.75) is 13.0 Å². The zero-order valence-electron chi connectivity index (χ0n) is 14.7. The summed E-state index contributed by atoms with van der Waals surface area (Å²) in [7, 11) is 1.26. The fourth-order valence-electron chi connectivity index (χ4n) is 2.84. The molecule has 2 atom stereocenters. The molecule has 2 amide bonds. The van der Waals surface area contributed by atoms with Crippen molar-refractivity contribution < 1.29 is 23.5 Å². The van der Waals surface area contributed by atoms with Gasteiger partial charge in [0.1, 0.15) is 5.82 Å². The number of ether oxygens (including phenoxy) is 1. The van der Waals surface area contributed by atoms with E-state index < -0.39 is 17.8 Å². The highest BCUT2D eigenvalue weighted by Crippen LogP contribution is 2.39. The number of methoxy groups -OCH3 is 1. The lowest BCUT2D eigenvalue weighted by Crippen LogP contribution is -2.27. The maximum absolute atomic E-state index is 13.6. The van der Waals surface area contributed by atoms with Gasteiger partial charge in [0, 0.05) is 12.1 Å². The predicted molar refractivity (Wildman–Crippen MR) is 96.3 cm³/mol. The smallest absolute Gasteiger partial charge is 0.339 e. The second-order valence-corrected chi connectivity index (χ2v) is 6.28. The van der Waals surface area contributed by atoms with Crippen LogP contribution in [0.25, 0.3) is 0 Å². The SMILES string of the molecule is COC(=O)c1ccccc1NC(=O)C1CC1C(=O)NCc1ccccc1F. The number of carbonyl (C=O) groups excluding carboxylic acids is 3. The lowest BCUT2D eigenvalue weighted by molar-refractivity contribution is -0.125. The third-order valence-corrected chi connectivity index (χ3v) is 4.47. The summed E-state index contributed by atoms with van der Waals surface area (Å²) in [5.74, 6) is -2.50. The Hall–Kier alpha value is -3.22. The highest BCUT2D eigenvalue weighted by Gasteiger charge is 2.48. The molecule has 2 N–H and O–H groups in total. The van der Waals surface area contributed by atoms with Crippen molar-refractivity contribution in [3.8, 4) is 0 Å².